The number of hydrogen-bond donors (Lipinski definition) is 0. The van der Waals surface area contributed by atoms with Gasteiger partial charge in [-0.1, -0.05) is 109 Å². The highest BCUT2D eigenvalue weighted by Crippen LogP contribution is 2.38. The van der Waals surface area contributed by atoms with E-state index in [9.17, 15) is 0 Å². The van der Waals surface area contributed by atoms with E-state index in [2.05, 4.69) is 121 Å². The maximum absolute atomic E-state index is 6.11. The van der Waals surface area contributed by atoms with Gasteiger partial charge in [-0.3, -0.25) is 0 Å². The van der Waals surface area contributed by atoms with Crippen LogP contribution in [0.2, 0.25) is 0 Å². The minimum atomic E-state index is 0.927. The van der Waals surface area contributed by atoms with Gasteiger partial charge >= 0.3 is 0 Å². The zero-order valence-corrected chi connectivity index (χ0v) is 20.1. The lowest BCUT2D eigenvalue weighted by atomic mass is 9.92. The Morgan fingerprint density at radius 2 is 0.676 bits per heavy atom. The minimum Gasteiger partial charge on any atom is -0.456 e. The first-order valence-electron chi connectivity index (χ1n) is 12.7. The summed E-state index contributed by atoms with van der Waals surface area (Å²) >= 11 is 0. The molecule has 0 aliphatic heterocycles. The average Bonchev–Trinajstić information content (AvgIpc) is 3.35. The summed E-state index contributed by atoms with van der Waals surface area (Å²) in [6.07, 6.45) is 0. The Morgan fingerprint density at radius 1 is 0.270 bits per heavy atom. The summed E-state index contributed by atoms with van der Waals surface area (Å²) in [7, 11) is 0. The molecule has 7 aromatic carbocycles. The summed E-state index contributed by atoms with van der Waals surface area (Å²) in [6, 6.07) is 47.9. The van der Waals surface area contributed by atoms with Crippen molar-refractivity contribution in [2.45, 2.75) is 0 Å². The maximum Gasteiger partial charge on any atom is 0.136 e. The molecule has 1 aromatic heterocycles. The Morgan fingerprint density at radius 3 is 1.30 bits per heavy atom. The minimum absolute atomic E-state index is 0.927. The third-order valence-corrected chi connectivity index (χ3v) is 7.67. The molecule has 0 unspecified atom stereocenters. The normalized spacial score (nSPS) is 11.8. The number of fused-ring (bicyclic) bond motifs is 9. The number of rotatable bonds is 2. The number of hydrogen-bond acceptors (Lipinski definition) is 1. The Bertz CT molecular complexity index is 2090. The van der Waals surface area contributed by atoms with Gasteiger partial charge in [0.25, 0.3) is 0 Å². The lowest BCUT2D eigenvalue weighted by Crippen LogP contribution is -1.85. The molecule has 8 rings (SSSR count). The molecule has 0 spiro atoms. The van der Waals surface area contributed by atoms with E-state index in [-0.39, 0.29) is 0 Å². The van der Waals surface area contributed by atoms with E-state index in [1.807, 2.05) is 12.1 Å². The van der Waals surface area contributed by atoms with Crippen molar-refractivity contribution in [2.75, 3.05) is 0 Å². The molecule has 0 aliphatic carbocycles. The highest BCUT2D eigenvalue weighted by atomic mass is 16.3. The summed E-state index contributed by atoms with van der Waals surface area (Å²) in [5, 5.41) is 10.1. The number of furan rings is 1. The summed E-state index contributed by atoms with van der Waals surface area (Å²) in [4.78, 5) is 0. The van der Waals surface area contributed by atoms with Crippen molar-refractivity contribution < 1.29 is 4.42 Å². The van der Waals surface area contributed by atoms with Crippen molar-refractivity contribution in [1.29, 1.82) is 0 Å². The lowest BCUT2D eigenvalue weighted by molar-refractivity contribution is 0.669. The lowest BCUT2D eigenvalue weighted by Gasteiger charge is -2.12. The van der Waals surface area contributed by atoms with E-state index in [4.69, 9.17) is 4.42 Å². The Hall–Kier alpha value is -4.88. The molecule has 0 radical (unpaired) electrons. The van der Waals surface area contributed by atoms with Gasteiger partial charge in [-0.2, -0.15) is 0 Å². The van der Waals surface area contributed by atoms with E-state index in [1.54, 1.807) is 0 Å². The quantitative estimate of drug-likeness (QED) is 0.229. The molecule has 172 valence electrons. The van der Waals surface area contributed by atoms with Crippen LogP contribution in [0.3, 0.4) is 0 Å². The fourth-order valence-electron chi connectivity index (χ4n) is 5.85. The third kappa shape index (κ3) is 3.11. The second kappa shape index (κ2) is 7.81. The van der Waals surface area contributed by atoms with Gasteiger partial charge in [0.1, 0.15) is 11.2 Å². The molecule has 0 fully saturated rings. The van der Waals surface area contributed by atoms with Crippen LogP contribution in [0.4, 0.5) is 0 Å². The van der Waals surface area contributed by atoms with Gasteiger partial charge in [0.2, 0.25) is 0 Å². The van der Waals surface area contributed by atoms with Crippen molar-refractivity contribution in [3.8, 4) is 22.3 Å². The standard InChI is InChI=1S/C36H22O/c1-2-9-29-27(7-1)28-8-3-4-10-30(28)34-21-25(17-19-31(29)34)23-13-15-24(16-14-23)26-18-20-33-32-11-5-6-12-35(32)37-36(33)22-26/h1-22H. The summed E-state index contributed by atoms with van der Waals surface area (Å²) < 4.78 is 6.11. The van der Waals surface area contributed by atoms with Crippen molar-refractivity contribution in [1.82, 2.24) is 0 Å². The molecule has 1 heteroatoms. The predicted molar refractivity (Wildman–Crippen MR) is 157 cm³/mol. The SMILES string of the molecule is c1ccc2c(c1)oc1cc(-c3ccc(-c4ccc5c6ccccc6c6ccccc6c5c4)cc3)ccc12. The van der Waals surface area contributed by atoms with Gasteiger partial charge < -0.3 is 4.42 Å². The van der Waals surface area contributed by atoms with Gasteiger partial charge in [-0.05, 0) is 78.8 Å². The van der Waals surface area contributed by atoms with Gasteiger partial charge in [-0.25, -0.2) is 0 Å². The van der Waals surface area contributed by atoms with Crippen LogP contribution in [0.1, 0.15) is 0 Å². The van der Waals surface area contributed by atoms with E-state index in [1.165, 1.54) is 49.0 Å². The van der Waals surface area contributed by atoms with Gasteiger partial charge in [-0.15, -0.1) is 0 Å². The van der Waals surface area contributed by atoms with E-state index in [0.717, 1.165) is 27.5 Å². The van der Waals surface area contributed by atoms with Crippen LogP contribution in [0, 0.1) is 0 Å². The molecular weight excluding hydrogens is 448 g/mol. The highest BCUT2D eigenvalue weighted by molar-refractivity contribution is 6.25. The van der Waals surface area contributed by atoms with Crippen LogP contribution >= 0.6 is 0 Å². The summed E-state index contributed by atoms with van der Waals surface area (Å²) in [6.45, 7) is 0. The van der Waals surface area contributed by atoms with Crippen LogP contribution in [-0.2, 0) is 0 Å². The molecule has 0 atom stereocenters. The van der Waals surface area contributed by atoms with Crippen LogP contribution in [-0.4, -0.2) is 0 Å². The van der Waals surface area contributed by atoms with E-state index in [0.29, 0.717) is 0 Å². The van der Waals surface area contributed by atoms with Crippen molar-refractivity contribution in [3.05, 3.63) is 133 Å². The first-order valence-corrected chi connectivity index (χ1v) is 12.7. The van der Waals surface area contributed by atoms with Crippen molar-refractivity contribution in [2.24, 2.45) is 0 Å². The number of benzene rings is 7. The third-order valence-electron chi connectivity index (χ3n) is 7.67. The molecule has 8 aromatic rings. The molecule has 0 amide bonds. The Kier molecular flexibility index (Phi) is 4.29. The first-order chi connectivity index (χ1) is 18.3. The molecular formula is C36H22O. The monoisotopic (exact) mass is 470 g/mol. The largest absolute Gasteiger partial charge is 0.456 e. The van der Waals surface area contributed by atoms with Crippen LogP contribution in [0.25, 0.3) is 76.5 Å². The topological polar surface area (TPSA) is 13.1 Å². The van der Waals surface area contributed by atoms with Gasteiger partial charge in [0.15, 0.2) is 0 Å². The van der Waals surface area contributed by atoms with Gasteiger partial charge in [0.05, 0.1) is 0 Å². The van der Waals surface area contributed by atoms with Crippen molar-refractivity contribution >= 4 is 54.3 Å². The molecule has 0 saturated heterocycles. The average molecular weight is 471 g/mol. The summed E-state index contributed by atoms with van der Waals surface area (Å²) in [5.41, 5.74) is 6.65. The second-order valence-corrected chi connectivity index (χ2v) is 9.74. The summed E-state index contributed by atoms with van der Waals surface area (Å²) in [5.74, 6) is 0. The zero-order chi connectivity index (χ0) is 24.3. The zero-order valence-electron chi connectivity index (χ0n) is 20.1. The van der Waals surface area contributed by atoms with Crippen LogP contribution in [0.15, 0.2) is 138 Å². The predicted octanol–water partition coefficient (Wildman–Crippen LogP) is 10.4. The molecule has 0 N–H and O–H groups in total. The van der Waals surface area contributed by atoms with Crippen molar-refractivity contribution in [3.63, 3.8) is 0 Å². The fourth-order valence-corrected chi connectivity index (χ4v) is 5.85. The van der Waals surface area contributed by atoms with E-state index >= 15 is 0 Å². The molecule has 1 nitrogen and oxygen atoms in total. The van der Waals surface area contributed by atoms with Gasteiger partial charge in [0, 0.05) is 10.8 Å². The second-order valence-electron chi connectivity index (χ2n) is 9.74. The molecule has 0 bridgehead atoms. The van der Waals surface area contributed by atoms with Crippen LogP contribution in [0.5, 0.6) is 0 Å². The fraction of sp³-hybridized carbons (Fsp3) is 0. The molecule has 0 aliphatic rings. The smallest absolute Gasteiger partial charge is 0.136 e. The number of para-hydroxylation sites is 1. The van der Waals surface area contributed by atoms with Crippen LogP contribution < -0.4 is 0 Å². The highest BCUT2D eigenvalue weighted by Gasteiger charge is 2.11. The molecule has 1 heterocycles. The first kappa shape index (κ1) is 20.3. The Balaban J connectivity index is 1.23. The maximum atomic E-state index is 6.11. The Labute approximate surface area is 214 Å². The molecule has 0 saturated carbocycles. The van der Waals surface area contributed by atoms with E-state index < -0.39 is 0 Å². The molecule has 37 heavy (non-hydrogen) atoms.